The third-order valence-corrected chi connectivity index (χ3v) is 9.51. The summed E-state index contributed by atoms with van der Waals surface area (Å²) in [5, 5.41) is 28.0. The van der Waals surface area contributed by atoms with Crippen molar-refractivity contribution < 1.29 is 14.3 Å². The zero-order valence-electron chi connectivity index (χ0n) is 25.5. The number of hydrogen-bond acceptors (Lipinski definition) is 8. The van der Waals surface area contributed by atoms with Crippen LogP contribution in [0.5, 0.6) is 0 Å². The van der Waals surface area contributed by atoms with E-state index in [1.807, 2.05) is 22.5 Å². The van der Waals surface area contributed by atoms with Crippen molar-refractivity contribution in [2.24, 2.45) is 11.8 Å². The Kier molecular flexibility index (Phi) is 10.0. The Balaban J connectivity index is 1.28. The van der Waals surface area contributed by atoms with Gasteiger partial charge in [0.05, 0.1) is 11.5 Å². The van der Waals surface area contributed by atoms with Crippen LogP contribution in [0.4, 0.5) is 21.8 Å². The summed E-state index contributed by atoms with van der Waals surface area (Å²) in [5.41, 5.74) is 1.56. The molecule has 2 saturated carbocycles. The number of rotatable bonds is 10. The number of nitrogens with one attached hydrogen (secondary N) is 4. The van der Waals surface area contributed by atoms with E-state index >= 15 is 0 Å². The Hall–Kier alpha value is -3.44. The first-order chi connectivity index (χ1) is 20.8. The molecule has 3 aliphatic rings. The lowest BCUT2D eigenvalue weighted by Gasteiger charge is -2.37. The topological polar surface area (TPSA) is 122 Å². The van der Waals surface area contributed by atoms with E-state index in [1.54, 1.807) is 6.07 Å². The lowest BCUT2D eigenvalue weighted by atomic mass is 9.85. The molecule has 5 rings (SSSR count). The van der Waals surface area contributed by atoms with E-state index in [9.17, 15) is 14.3 Å². The van der Waals surface area contributed by atoms with Crippen molar-refractivity contribution in [3.05, 3.63) is 47.7 Å². The van der Waals surface area contributed by atoms with Crippen LogP contribution in [0.15, 0.2) is 30.6 Å². The Labute approximate surface area is 254 Å². The Morgan fingerprint density at radius 2 is 1.81 bits per heavy atom. The third kappa shape index (κ3) is 7.21. The number of nitrogens with zero attached hydrogens (tertiary/aromatic N) is 4. The summed E-state index contributed by atoms with van der Waals surface area (Å²) in [6.07, 6.45) is 8.11. The van der Waals surface area contributed by atoms with E-state index in [1.165, 1.54) is 12.3 Å². The molecular formula is C32H47FN8O2. The number of hydrogen-bond donors (Lipinski definition) is 5. The summed E-state index contributed by atoms with van der Waals surface area (Å²) in [5.74, 6) is 2.00. The lowest BCUT2D eigenvalue weighted by Crippen LogP contribution is -2.49. The van der Waals surface area contributed by atoms with Crippen LogP contribution in [-0.4, -0.2) is 82.5 Å². The van der Waals surface area contributed by atoms with Crippen LogP contribution < -0.4 is 16.0 Å². The van der Waals surface area contributed by atoms with Gasteiger partial charge in [-0.25, -0.2) is 9.37 Å². The molecule has 1 amide bonds. The predicted octanol–water partition coefficient (Wildman–Crippen LogP) is 4.60. The fourth-order valence-corrected chi connectivity index (χ4v) is 6.80. The van der Waals surface area contributed by atoms with E-state index in [4.69, 9.17) is 10.4 Å². The molecule has 0 unspecified atom stereocenters. The number of carbonyl (C=O) groups excluding carboxylic acids is 1. The standard InChI is InChI=1S/C32H47FN8O2/c1-21-5-4-6-27(33)29(21)38-32-37-28(19-34)30(41(32)26-13-7-23(20-42)8-14-26)36-22(2)35-25-11-9-24(10-12-25)31(43)40-17-15-39(3)16-18-40/h4-6,19,23-26,34-36,42H,2,7-18,20H2,1,3H3,(H,37,38). The minimum absolute atomic E-state index is 0.0601. The molecule has 2 aliphatic carbocycles. The summed E-state index contributed by atoms with van der Waals surface area (Å²) < 4.78 is 16.9. The van der Waals surface area contributed by atoms with E-state index < -0.39 is 0 Å². The molecule has 2 aromatic rings. The maximum atomic E-state index is 14.8. The monoisotopic (exact) mass is 594 g/mol. The van der Waals surface area contributed by atoms with Crippen LogP contribution in [-0.2, 0) is 4.79 Å². The van der Waals surface area contributed by atoms with Crippen LogP contribution in [0.25, 0.3) is 0 Å². The minimum atomic E-state index is -0.364. The first kappa shape index (κ1) is 31.0. The summed E-state index contributed by atoms with van der Waals surface area (Å²) in [6, 6.07) is 5.20. The van der Waals surface area contributed by atoms with Gasteiger partial charge in [-0.3, -0.25) is 9.36 Å². The van der Waals surface area contributed by atoms with E-state index in [-0.39, 0.29) is 36.3 Å². The number of aliphatic hydroxyl groups is 1. The zero-order valence-corrected chi connectivity index (χ0v) is 25.5. The van der Waals surface area contributed by atoms with Gasteiger partial charge >= 0.3 is 0 Å². The number of para-hydroxylation sites is 1. The highest BCUT2D eigenvalue weighted by atomic mass is 19.1. The molecule has 0 radical (unpaired) electrons. The molecule has 1 saturated heterocycles. The molecule has 1 aliphatic heterocycles. The highest BCUT2D eigenvalue weighted by Crippen LogP contribution is 2.39. The SMILES string of the molecule is C=C(Nc1c(C=N)nc(Nc2c(C)cccc2F)n1C1CCC(CO)CC1)NC1CCC(C(=O)N2CCN(C)CC2)CC1. The van der Waals surface area contributed by atoms with Crippen LogP contribution >= 0.6 is 0 Å². The molecule has 11 heteroatoms. The molecule has 2 heterocycles. The summed E-state index contributed by atoms with van der Waals surface area (Å²) in [6.45, 7) is 9.77. The van der Waals surface area contributed by atoms with Crippen LogP contribution in [0, 0.1) is 30.0 Å². The number of amides is 1. The molecule has 0 bridgehead atoms. The van der Waals surface area contributed by atoms with Gasteiger partial charge in [0.2, 0.25) is 11.9 Å². The molecule has 5 N–H and O–H groups in total. The van der Waals surface area contributed by atoms with E-state index in [0.717, 1.165) is 83.1 Å². The average Bonchev–Trinajstić information content (AvgIpc) is 3.35. The smallest absolute Gasteiger partial charge is 0.225 e. The number of carbonyl (C=O) groups is 1. The highest BCUT2D eigenvalue weighted by Gasteiger charge is 2.32. The van der Waals surface area contributed by atoms with Gasteiger partial charge in [0.15, 0.2) is 0 Å². The van der Waals surface area contributed by atoms with Crippen molar-refractivity contribution in [2.45, 2.75) is 70.4 Å². The maximum Gasteiger partial charge on any atom is 0.225 e. The highest BCUT2D eigenvalue weighted by molar-refractivity contribution is 5.84. The third-order valence-electron chi connectivity index (χ3n) is 9.51. The molecule has 43 heavy (non-hydrogen) atoms. The summed E-state index contributed by atoms with van der Waals surface area (Å²) in [4.78, 5) is 22.1. The van der Waals surface area contributed by atoms with Crippen molar-refractivity contribution in [1.82, 2.24) is 24.7 Å². The molecule has 234 valence electrons. The molecule has 1 aromatic heterocycles. The zero-order chi connectivity index (χ0) is 30.5. The first-order valence-corrected chi connectivity index (χ1v) is 15.7. The van der Waals surface area contributed by atoms with Gasteiger partial charge in [-0.15, -0.1) is 0 Å². The van der Waals surface area contributed by atoms with Crippen molar-refractivity contribution in [3.8, 4) is 0 Å². The van der Waals surface area contributed by atoms with Crippen LogP contribution in [0.1, 0.15) is 68.7 Å². The minimum Gasteiger partial charge on any atom is -0.396 e. The Bertz CT molecular complexity index is 1270. The number of imidazole rings is 1. The lowest BCUT2D eigenvalue weighted by molar-refractivity contribution is -0.138. The predicted molar refractivity (Wildman–Crippen MR) is 168 cm³/mol. The molecule has 0 spiro atoms. The number of likely N-dealkylation sites (N-methyl/N-ethyl adjacent to an activating group) is 1. The number of anilines is 3. The van der Waals surface area contributed by atoms with Gasteiger partial charge in [-0.1, -0.05) is 18.7 Å². The quantitative estimate of drug-likeness (QED) is 0.255. The molecule has 1 aromatic carbocycles. The number of aromatic nitrogens is 2. The molecule has 3 fully saturated rings. The van der Waals surface area contributed by atoms with Crippen molar-refractivity contribution >= 4 is 29.6 Å². The Morgan fingerprint density at radius 1 is 1.12 bits per heavy atom. The summed E-state index contributed by atoms with van der Waals surface area (Å²) in [7, 11) is 2.10. The fourth-order valence-electron chi connectivity index (χ4n) is 6.80. The van der Waals surface area contributed by atoms with Gasteiger partial charge in [0.1, 0.15) is 17.3 Å². The van der Waals surface area contributed by atoms with Crippen molar-refractivity contribution in [3.63, 3.8) is 0 Å². The van der Waals surface area contributed by atoms with Crippen LogP contribution in [0.2, 0.25) is 0 Å². The number of benzene rings is 1. The number of aryl methyl sites for hydroxylation is 1. The summed E-state index contributed by atoms with van der Waals surface area (Å²) >= 11 is 0. The van der Waals surface area contributed by atoms with Crippen LogP contribution in [0.3, 0.4) is 0 Å². The van der Waals surface area contributed by atoms with Gasteiger partial charge in [-0.05, 0) is 82.9 Å². The molecule has 0 atom stereocenters. The normalized spacial score (nSPS) is 24.8. The number of piperazine rings is 1. The fraction of sp³-hybridized carbons (Fsp3) is 0.594. The van der Waals surface area contributed by atoms with Gasteiger partial charge in [-0.2, -0.15) is 0 Å². The van der Waals surface area contributed by atoms with Gasteiger partial charge in [0.25, 0.3) is 0 Å². The van der Waals surface area contributed by atoms with Gasteiger partial charge in [0, 0.05) is 57.0 Å². The van der Waals surface area contributed by atoms with E-state index in [0.29, 0.717) is 34.9 Å². The van der Waals surface area contributed by atoms with Gasteiger partial charge < -0.3 is 36.3 Å². The van der Waals surface area contributed by atoms with Crippen molar-refractivity contribution in [1.29, 1.82) is 5.41 Å². The molecule has 10 nitrogen and oxygen atoms in total. The number of halogens is 1. The Morgan fingerprint density at radius 3 is 2.44 bits per heavy atom. The maximum absolute atomic E-state index is 14.8. The second-order valence-electron chi connectivity index (χ2n) is 12.5. The number of aliphatic hydroxyl groups excluding tert-OH is 1. The van der Waals surface area contributed by atoms with E-state index in [2.05, 4.69) is 34.5 Å². The molecular weight excluding hydrogens is 547 g/mol. The first-order valence-electron chi connectivity index (χ1n) is 15.7. The average molecular weight is 595 g/mol. The second kappa shape index (κ2) is 13.9. The largest absolute Gasteiger partial charge is 0.396 e. The second-order valence-corrected chi connectivity index (χ2v) is 12.5. The van der Waals surface area contributed by atoms with Crippen molar-refractivity contribution in [2.75, 3.05) is 50.5 Å².